The Morgan fingerprint density at radius 1 is 1.29 bits per heavy atom. The molecule has 3 N–H and O–H groups in total. The van der Waals surface area contributed by atoms with Gasteiger partial charge >= 0.3 is 0 Å². The van der Waals surface area contributed by atoms with Crippen LogP contribution in [0.5, 0.6) is 5.75 Å². The van der Waals surface area contributed by atoms with Crippen molar-refractivity contribution in [2.75, 3.05) is 5.32 Å². The number of anilines is 1. The number of allylic oxidation sites excluding steroid dienone is 1. The molecule has 1 aliphatic heterocycles. The Morgan fingerprint density at radius 2 is 2.07 bits per heavy atom. The van der Waals surface area contributed by atoms with Gasteiger partial charge in [-0.1, -0.05) is 6.58 Å². The molecule has 0 unspecified atom stereocenters. The molecule has 1 aromatic carbocycles. The molecule has 1 saturated carbocycles. The Bertz CT molecular complexity index is 1140. The average molecular weight is 373 g/mol. The zero-order valence-corrected chi connectivity index (χ0v) is 15.1. The molecule has 0 bridgehead atoms. The average Bonchev–Trinajstić information content (AvgIpc) is 3.31. The summed E-state index contributed by atoms with van der Waals surface area (Å²) in [5, 5.41) is 20.3. The Kier molecular flexibility index (Phi) is 3.68. The number of phenolic OH excluding ortho intramolecular Hbond substituents is 1. The van der Waals surface area contributed by atoms with Crippen LogP contribution in [-0.4, -0.2) is 31.7 Å². The van der Waals surface area contributed by atoms with Gasteiger partial charge in [0.2, 0.25) is 0 Å². The second-order valence-electron chi connectivity index (χ2n) is 7.23. The van der Waals surface area contributed by atoms with Crippen molar-refractivity contribution in [2.45, 2.75) is 25.3 Å². The SMILES string of the molecule is C=C1C/C(=C\c2cnn3c(NC4CC4)cc(-c4ccc(O)cc4)nc23)C(=O)N1. The molecule has 1 aliphatic carbocycles. The monoisotopic (exact) mass is 373 g/mol. The second kappa shape index (κ2) is 6.23. The van der Waals surface area contributed by atoms with Crippen LogP contribution < -0.4 is 10.6 Å². The van der Waals surface area contributed by atoms with Gasteiger partial charge in [0.05, 0.1) is 11.9 Å². The first-order chi connectivity index (χ1) is 13.6. The number of nitrogens with zero attached hydrogens (tertiary/aromatic N) is 3. The summed E-state index contributed by atoms with van der Waals surface area (Å²) in [4.78, 5) is 16.9. The van der Waals surface area contributed by atoms with Gasteiger partial charge in [0.1, 0.15) is 11.6 Å². The molecule has 140 valence electrons. The maximum Gasteiger partial charge on any atom is 0.251 e. The maximum atomic E-state index is 12.1. The minimum absolute atomic E-state index is 0.129. The van der Waals surface area contributed by atoms with E-state index in [9.17, 15) is 9.90 Å². The van der Waals surface area contributed by atoms with Crippen molar-refractivity contribution >= 4 is 23.4 Å². The van der Waals surface area contributed by atoms with Gasteiger partial charge in [0.25, 0.3) is 5.91 Å². The topological polar surface area (TPSA) is 91.6 Å². The van der Waals surface area contributed by atoms with Crippen molar-refractivity contribution < 1.29 is 9.90 Å². The Morgan fingerprint density at radius 3 is 2.75 bits per heavy atom. The largest absolute Gasteiger partial charge is 0.508 e. The molecule has 28 heavy (non-hydrogen) atoms. The van der Waals surface area contributed by atoms with Crippen LogP contribution in [0.15, 0.2) is 54.4 Å². The van der Waals surface area contributed by atoms with Crippen molar-refractivity contribution in [1.82, 2.24) is 19.9 Å². The van der Waals surface area contributed by atoms with Crippen molar-refractivity contribution in [3.63, 3.8) is 0 Å². The van der Waals surface area contributed by atoms with Crippen LogP contribution in [0.3, 0.4) is 0 Å². The number of carbonyl (C=O) groups is 1. The maximum absolute atomic E-state index is 12.1. The van der Waals surface area contributed by atoms with E-state index in [1.54, 1.807) is 22.8 Å². The summed E-state index contributed by atoms with van der Waals surface area (Å²) in [6, 6.07) is 9.36. The van der Waals surface area contributed by atoms with E-state index in [2.05, 4.69) is 22.3 Å². The quantitative estimate of drug-likeness (QED) is 0.611. The third-order valence-corrected chi connectivity index (χ3v) is 4.91. The number of benzene rings is 1. The first-order valence-electron chi connectivity index (χ1n) is 9.21. The molecule has 7 heteroatoms. The van der Waals surface area contributed by atoms with Crippen LogP contribution >= 0.6 is 0 Å². The number of hydrogen-bond donors (Lipinski definition) is 3. The van der Waals surface area contributed by atoms with Crippen molar-refractivity contribution in [2.24, 2.45) is 0 Å². The Balaban J connectivity index is 1.65. The van der Waals surface area contributed by atoms with Gasteiger partial charge in [-0.3, -0.25) is 4.79 Å². The van der Waals surface area contributed by atoms with Crippen molar-refractivity contribution in [3.8, 4) is 17.0 Å². The van der Waals surface area contributed by atoms with E-state index in [1.807, 2.05) is 24.3 Å². The predicted octanol–water partition coefficient (Wildman–Crippen LogP) is 3.09. The van der Waals surface area contributed by atoms with Crippen LogP contribution in [0.4, 0.5) is 5.82 Å². The lowest BCUT2D eigenvalue weighted by Crippen LogP contribution is -2.12. The smallest absolute Gasteiger partial charge is 0.251 e. The molecule has 7 nitrogen and oxygen atoms in total. The van der Waals surface area contributed by atoms with E-state index < -0.39 is 0 Å². The highest BCUT2D eigenvalue weighted by Gasteiger charge is 2.24. The molecule has 0 radical (unpaired) electrons. The number of nitrogens with one attached hydrogen (secondary N) is 2. The molecule has 1 amide bonds. The minimum atomic E-state index is -0.129. The summed E-state index contributed by atoms with van der Waals surface area (Å²) in [7, 11) is 0. The molecule has 3 aromatic rings. The number of rotatable bonds is 4. The van der Waals surface area contributed by atoms with Gasteiger partial charge < -0.3 is 15.7 Å². The standard InChI is InChI=1S/C21H19N5O2/c1-12-8-14(21(28)23-12)9-15-11-22-26-19(24-16-4-5-16)10-18(25-20(15)26)13-2-6-17(27)7-3-13/h2-3,6-7,9-11,16,24,27H,1,4-5,8H2,(H,23,28)/b14-9+. The van der Waals surface area contributed by atoms with Crippen LogP contribution in [-0.2, 0) is 4.79 Å². The van der Waals surface area contributed by atoms with E-state index in [4.69, 9.17) is 4.98 Å². The number of aromatic nitrogens is 3. The molecule has 2 aliphatic rings. The fourth-order valence-corrected chi connectivity index (χ4v) is 3.30. The van der Waals surface area contributed by atoms with E-state index in [0.717, 1.165) is 35.5 Å². The fraction of sp³-hybridized carbons (Fsp3) is 0.190. The normalized spacial score (nSPS) is 18.1. The lowest BCUT2D eigenvalue weighted by Gasteiger charge is -2.10. The fourth-order valence-electron chi connectivity index (χ4n) is 3.30. The van der Waals surface area contributed by atoms with Crippen LogP contribution in [0.1, 0.15) is 24.8 Å². The van der Waals surface area contributed by atoms with Crippen LogP contribution in [0, 0.1) is 0 Å². The highest BCUT2D eigenvalue weighted by molar-refractivity contribution is 6.02. The van der Waals surface area contributed by atoms with Crippen molar-refractivity contribution in [1.29, 1.82) is 0 Å². The lowest BCUT2D eigenvalue weighted by molar-refractivity contribution is -0.115. The number of aromatic hydroxyl groups is 1. The first-order valence-corrected chi connectivity index (χ1v) is 9.21. The Hall–Kier alpha value is -3.61. The molecule has 0 spiro atoms. The molecule has 2 aromatic heterocycles. The number of fused-ring (bicyclic) bond motifs is 1. The van der Waals surface area contributed by atoms with Crippen LogP contribution in [0.25, 0.3) is 23.0 Å². The van der Waals surface area contributed by atoms with Gasteiger partial charge in [-0.25, -0.2) is 4.98 Å². The van der Waals surface area contributed by atoms with E-state index in [-0.39, 0.29) is 11.7 Å². The van der Waals surface area contributed by atoms with E-state index in [0.29, 0.717) is 29.4 Å². The highest BCUT2D eigenvalue weighted by atomic mass is 16.3. The summed E-state index contributed by atoms with van der Waals surface area (Å²) in [5.41, 5.74) is 4.46. The number of carbonyl (C=O) groups excluding carboxylic acids is 1. The number of amides is 1. The highest BCUT2D eigenvalue weighted by Crippen LogP contribution is 2.30. The summed E-state index contributed by atoms with van der Waals surface area (Å²) >= 11 is 0. The molecule has 0 atom stereocenters. The molecule has 3 heterocycles. The summed E-state index contributed by atoms with van der Waals surface area (Å²) in [6.45, 7) is 3.82. The van der Waals surface area contributed by atoms with Gasteiger partial charge in [0, 0.05) is 40.9 Å². The first kappa shape index (κ1) is 16.6. The van der Waals surface area contributed by atoms with Gasteiger partial charge in [-0.2, -0.15) is 9.61 Å². The van der Waals surface area contributed by atoms with Crippen LogP contribution in [0.2, 0.25) is 0 Å². The zero-order chi connectivity index (χ0) is 19.3. The molecular weight excluding hydrogens is 354 g/mol. The third kappa shape index (κ3) is 3.00. The predicted molar refractivity (Wildman–Crippen MR) is 107 cm³/mol. The minimum Gasteiger partial charge on any atom is -0.508 e. The van der Waals surface area contributed by atoms with E-state index in [1.165, 1.54) is 0 Å². The number of hydrogen-bond acceptors (Lipinski definition) is 5. The van der Waals surface area contributed by atoms with Gasteiger partial charge in [-0.05, 0) is 43.2 Å². The van der Waals surface area contributed by atoms with Gasteiger partial charge in [-0.15, -0.1) is 0 Å². The summed E-state index contributed by atoms with van der Waals surface area (Å²) in [5.74, 6) is 0.944. The molecular formula is C21H19N5O2. The second-order valence-corrected chi connectivity index (χ2v) is 7.23. The van der Waals surface area contributed by atoms with Gasteiger partial charge in [0.15, 0.2) is 5.65 Å². The zero-order valence-electron chi connectivity index (χ0n) is 15.1. The summed E-state index contributed by atoms with van der Waals surface area (Å²) < 4.78 is 1.77. The molecule has 1 saturated heterocycles. The molecule has 5 rings (SSSR count). The van der Waals surface area contributed by atoms with E-state index >= 15 is 0 Å². The lowest BCUT2D eigenvalue weighted by atomic mass is 10.1. The number of phenols is 1. The van der Waals surface area contributed by atoms with Crippen molar-refractivity contribution in [3.05, 3.63) is 59.9 Å². The third-order valence-electron chi connectivity index (χ3n) is 4.91. The Labute approximate surface area is 161 Å². The summed E-state index contributed by atoms with van der Waals surface area (Å²) in [6.07, 6.45) is 6.32. The molecule has 2 fully saturated rings.